The topological polar surface area (TPSA) is 69.3 Å². The number of hydrogen-bond donors (Lipinski definition) is 2. The van der Waals surface area contributed by atoms with Crippen LogP contribution in [0.3, 0.4) is 0 Å². The van der Waals surface area contributed by atoms with Gasteiger partial charge >= 0.3 is 6.36 Å². The van der Waals surface area contributed by atoms with Gasteiger partial charge in [-0.05, 0) is 41.8 Å². The smallest absolute Gasteiger partial charge is 0.406 e. The van der Waals surface area contributed by atoms with Gasteiger partial charge in [0.05, 0.1) is 5.69 Å². The van der Waals surface area contributed by atoms with Crippen LogP contribution in [-0.4, -0.2) is 23.4 Å². The normalized spacial score (nSPS) is 16.2. The molecule has 1 aliphatic rings. The highest BCUT2D eigenvalue weighted by molar-refractivity contribution is 5.98. The molecule has 0 spiro atoms. The van der Waals surface area contributed by atoms with E-state index in [9.17, 15) is 18.0 Å². The monoisotopic (exact) mass is 415 g/mol. The molecule has 5 nitrogen and oxygen atoms in total. The van der Waals surface area contributed by atoms with Gasteiger partial charge in [-0.1, -0.05) is 36.4 Å². The second-order valence-electron chi connectivity index (χ2n) is 7.20. The molecule has 1 atom stereocenters. The molecule has 30 heavy (non-hydrogen) atoms. The predicted molar refractivity (Wildman–Crippen MR) is 107 cm³/mol. The van der Waals surface area contributed by atoms with Crippen molar-refractivity contribution in [2.75, 3.05) is 6.54 Å². The molecule has 0 aliphatic carbocycles. The van der Waals surface area contributed by atoms with Crippen molar-refractivity contribution in [3.05, 3.63) is 65.9 Å². The minimum atomic E-state index is -4.78. The molecule has 1 amide bonds. The summed E-state index contributed by atoms with van der Waals surface area (Å²) in [6, 6.07) is 15.1. The van der Waals surface area contributed by atoms with Gasteiger partial charge in [0.15, 0.2) is 0 Å². The van der Waals surface area contributed by atoms with E-state index < -0.39 is 6.36 Å². The summed E-state index contributed by atoms with van der Waals surface area (Å²) in [7, 11) is 0. The van der Waals surface area contributed by atoms with E-state index >= 15 is 0 Å². The quantitative estimate of drug-likeness (QED) is 0.660. The summed E-state index contributed by atoms with van der Waals surface area (Å²) in [5, 5.41) is 2.84. The minimum Gasteiger partial charge on any atom is -0.406 e. The molecule has 3 N–H and O–H groups in total. The van der Waals surface area contributed by atoms with Crippen LogP contribution in [0.4, 0.5) is 13.2 Å². The van der Waals surface area contributed by atoms with Crippen molar-refractivity contribution < 1.29 is 22.7 Å². The van der Waals surface area contributed by atoms with Crippen LogP contribution in [-0.2, 0) is 6.54 Å². The van der Waals surface area contributed by atoms with Crippen molar-refractivity contribution in [3.8, 4) is 28.1 Å². The van der Waals surface area contributed by atoms with Crippen LogP contribution in [0.1, 0.15) is 29.0 Å². The lowest BCUT2D eigenvalue weighted by molar-refractivity contribution is -0.274. The number of ether oxygens (including phenoxy) is 1. The first-order valence-electron chi connectivity index (χ1n) is 9.46. The molecule has 2 aromatic carbocycles. The van der Waals surface area contributed by atoms with Gasteiger partial charge in [-0.3, -0.25) is 4.79 Å². The Hall–Kier alpha value is -3.26. The van der Waals surface area contributed by atoms with Gasteiger partial charge in [0.25, 0.3) is 5.91 Å². The van der Waals surface area contributed by atoms with Crippen molar-refractivity contribution >= 4 is 5.91 Å². The molecule has 0 unspecified atom stereocenters. The molecule has 1 aromatic heterocycles. The summed E-state index contributed by atoms with van der Waals surface area (Å²) in [5.74, 6) is -0.534. The fourth-order valence-corrected chi connectivity index (χ4v) is 3.75. The molecular weight excluding hydrogens is 395 g/mol. The van der Waals surface area contributed by atoms with Gasteiger partial charge in [-0.25, -0.2) is 0 Å². The van der Waals surface area contributed by atoms with Crippen LogP contribution in [0.2, 0.25) is 0 Å². The highest BCUT2D eigenvalue weighted by atomic mass is 19.4. The average Bonchev–Trinajstić information content (AvgIpc) is 3.12. The average molecular weight is 415 g/mol. The molecule has 1 aliphatic heterocycles. The number of alkyl halides is 3. The Morgan fingerprint density at radius 1 is 1.13 bits per heavy atom. The minimum absolute atomic E-state index is 0.0229. The lowest BCUT2D eigenvalue weighted by atomic mass is 10.00. The number of hydrogen-bond acceptors (Lipinski definition) is 3. The third kappa shape index (κ3) is 3.78. The van der Waals surface area contributed by atoms with Crippen molar-refractivity contribution in [3.63, 3.8) is 0 Å². The van der Waals surface area contributed by atoms with Crippen LogP contribution in [0.15, 0.2) is 54.6 Å². The van der Waals surface area contributed by atoms with Crippen LogP contribution in [0.5, 0.6) is 5.75 Å². The van der Waals surface area contributed by atoms with Gasteiger partial charge in [-0.2, -0.15) is 0 Å². The Labute approximate surface area is 171 Å². The Morgan fingerprint density at radius 2 is 1.87 bits per heavy atom. The van der Waals surface area contributed by atoms with Crippen LogP contribution >= 0.6 is 0 Å². The SMILES string of the molecule is C[C@H]1CNC(=O)c2cc(-c3cccc(OC(F)(F)F)c3)c(-c3ccc(CN)cc3)n21. The number of amides is 1. The maximum Gasteiger partial charge on any atom is 0.573 e. The van der Waals surface area contributed by atoms with Crippen molar-refractivity contribution in [1.82, 2.24) is 9.88 Å². The maximum absolute atomic E-state index is 12.7. The second kappa shape index (κ2) is 7.53. The van der Waals surface area contributed by atoms with Gasteiger partial charge < -0.3 is 20.4 Å². The zero-order chi connectivity index (χ0) is 21.5. The number of nitrogens with one attached hydrogen (secondary N) is 1. The van der Waals surface area contributed by atoms with Crippen molar-refractivity contribution in [1.29, 1.82) is 0 Å². The predicted octanol–water partition coefficient (Wildman–Crippen LogP) is 4.48. The first-order chi connectivity index (χ1) is 14.3. The Kier molecular flexibility index (Phi) is 5.03. The molecule has 0 radical (unpaired) electrons. The van der Waals surface area contributed by atoms with E-state index in [1.54, 1.807) is 12.1 Å². The number of carbonyl (C=O) groups is 1. The highest BCUT2D eigenvalue weighted by Crippen LogP contribution is 2.40. The summed E-state index contributed by atoms with van der Waals surface area (Å²) in [4.78, 5) is 12.5. The molecule has 0 saturated carbocycles. The van der Waals surface area contributed by atoms with Gasteiger partial charge in [0.1, 0.15) is 11.4 Å². The highest BCUT2D eigenvalue weighted by Gasteiger charge is 2.32. The van der Waals surface area contributed by atoms with Crippen LogP contribution in [0.25, 0.3) is 22.4 Å². The molecule has 2 heterocycles. The summed E-state index contributed by atoms with van der Waals surface area (Å²) in [5.41, 5.74) is 9.90. The maximum atomic E-state index is 12.7. The number of fused-ring (bicyclic) bond motifs is 1. The third-order valence-corrected chi connectivity index (χ3v) is 5.11. The Morgan fingerprint density at radius 3 is 2.53 bits per heavy atom. The Bertz CT molecular complexity index is 1090. The van der Waals surface area contributed by atoms with E-state index in [0.717, 1.165) is 16.8 Å². The first-order valence-corrected chi connectivity index (χ1v) is 9.46. The Balaban J connectivity index is 1.91. The van der Waals surface area contributed by atoms with E-state index in [4.69, 9.17) is 5.73 Å². The number of benzene rings is 2. The summed E-state index contributed by atoms with van der Waals surface area (Å²) in [6.07, 6.45) is -4.78. The number of aromatic nitrogens is 1. The second-order valence-corrected chi connectivity index (χ2v) is 7.20. The molecule has 0 fully saturated rings. The van der Waals surface area contributed by atoms with E-state index in [-0.39, 0.29) is 17.7 Å². The standard InChI is InChI=1S/C22H20F3N3O2/c1-13-12-27-21(29)19-10-18(16-3-2-4-17(9-16)30-22(23,24)25)20(28(13)19)15-7-5-14(11-26)6-8-15/h2-10,13H,11-12,26H2,1H3,(H,27,29)/t13-/m0/s1. The molecule has 0 saturated heterocycles. The van der Waals surface area contributed by atoms with E-state index in [2.05, 4.69) is 10.1 Å². The van der Waals surface area contributed by atoms with E-state index in [1.165, 1.54) is 18.2 Å². The summed E-state index contributed by atoms with van der Waals surface area (Å²) in [6.45, 7) is 2.84. The zero-order valence-corrected chi connectivity index (χ0v) is 16.2. The van der Waals surface area contributed by atoms with Crippen molar-refractivity contribution in [2.24, 2.45) is 5.73 Å². The van der Waals surface area contributed by atoms with Crippen LogP contribution < -0.4 is 15.8 Å². The fourth-order valence-electron chi connectivity index (χ4n) is 3.75. The zero-order valence-electron chi connectivity index (χ0n) is 16.2. The third-order valence-electron chi connectivity index (χ3n) is 5.11. The lowest BCUT2D eigenvalue weighted by Crippen LogP contribution is -2.37. The number of rotatable bonds is 4. The molecule has 156 valence electrons. The first kappa shape index (κ1) is 20.0. The number of halogens is 3. The van der Waals surface area contributed by atoms with Gasteiger partial charge in [0.2, 0.25) is 0 Å². The summed E-state index contributed by atoms with van der Waals surface area (Å²) < 4.78 is 44.1. The lowest BCUT2D eigenvalue weighted by Gasteiger charge is -2.26. The molecule has 4 rings (SSSR count). The molecule has 3 aromatic rings. The molecule has 8 heteroatoms. The number of nitrogens with zero attached hydrogens (tertiary/aromatic N) is 1. The van der Waals surface area contributed by atoms with Crippen LogP contribution in [0, 0.1) is 0 Å². The summed E-state index contributed by atoms with van der Waals surface area (Å²) >= 11 is 0. The molecule has 0 bridgehead atoms. The van der Waals surface area contributed by atoms with Crippen molar-refractivity contribution in [2.45, 2.75) is 25.9 Å². The van der Waals surface area contributed by atoms with Gasteiger partial charge in [0, 0.05) is 24.7 Å². The van der Waals surface area contributed by atoms with Gasteiger partial charge in [-0.15, -0.1) is 13.2 Å². The largest absolute Gasteiger partial charge is 0.573 e. The van der Waals surface area contributed by atoms with E-state index in [1.807, 2.05) is 35.8 Å². The molecular formula is C22H20F3N3O2. The number of nitrogens with two attached hydrogens (primary N) is 1. The van der Waals surface area contributed by atoms with E-state index in [0.29, 0.717) is 29.9 Å². The number of carbonyl (C=O) groups excluding carboxylic acids is 1. The fraction of sp³-hybridized carbons (Fsp3) is 0.227.